The minimum Gasteiger partial charge on any atom is -0.493 e. The molecule has 0 spiro atoms. The number of fused-ring (bicyclic) bond motifs is 1. The predicted octanol–water partition coefficient (Wildman–Crippen LogP) is 3.51. The minimum atomic E-state index is -0.276. The van der Waals surface area contributed by atoms with E-state index in [2.05, 4.69) is 13.0 Å². The fraction of sp³-hybridized carbons (Fsp3) is 0.600. The van der Waals surface area contributed by atoms with Gasteiger partial charge in [0.15, 0.2) is 11.5 Å². The van der Waals surface area contributed by atoms with Gasteiger partial charge in [0.1, 0.15) is 0 Å². The van der Waals surface area contributed by atoms with Crippen LogP contribution in [0.25, 0.3) is 0 Å². The molecule has 1 atom stereocenters. The summed E-state index contributed by atoms with van der Waals surface area (Å²) in [5.74, 6) is 2.19. The van der Waals surface area contributed by atoms with Crippen LogP contribution < -0.4 is 9.47 Å². The van der Waals surface area contributed by atoms with E-state index < -0.39 is 0 Å². The van der Waals surface area contributed by atoms with Gasteiger partial charge >= 0.3 is 0 Å². The van der Waals surface area contributed by atoms with Gasteiger partial charge in [-0.2, -0.15) is 0 Å². The van der Waals surface area contributed by atoms with Crippen molar-refractivity contribution in [2.24, 2.45) is 0 Å². The molecular formula is C15H21ClO3. The van der Waals surface area contributed by atoms with Gasteiger partial charge < -0.3 is 14.2 Å². The highest BCUT2D eigenvalue weighted by atomic mass is 35.5. The summed E-state index contributed by atoms with van der Waals surface area (Å²) >= 11 is 5.82. The van der Waals surface area contributed by atoms with E-state index in [0.29, 0.717) is 5.88 Å². The minimum absolute atomic E-state index is 0.276. The van der Waals surface area contributed by atoms with Crippen LogP contribution in [0.2, 0.25) is 0 Å². The third-order valence-electron chi connectivity index (χ3n) is 3.76. The van der Waals surface area contributed by atoms with Crippen LogP contribution in [0.5, 0.6) is 11.5 Å². The molecule has 0 saturated heterocycles. The van der Waals surface area contributed by atoms with Crippen LogP contribution in [0.3, 0.4) is 0 Å². The molecule has 0 radical (unpaired) electrons. The van der Waals surface area contributed by atoms with Crippen LogP contribution in [0.1, 0.15) is 30.9 Å². The lowest BCUT2D eigenvalue weighted by atomic mass is 9.84. The number of halogens is 1. The molecule has 0 aliphatic carbocycles. The molecule has 2 rings (SSSR count). The molecule has 1 aliphatic heterocycles. The van der Waals surface area contributed by atoms with Crippen LogP contribution >= 0.6 is 11.6 Å². The summed E-state index contributed by atoms with van der Waals surface area (Å²) in [6, 6.07) is 4.11. The molecule has 1 aliphatic rings. The van der Waals surface area contributed by atoms with E-state index in [9.17, 15) is 0 Å². The Morgan fingerprint density at radius 1 is 1.26 bits per heavy atom. The smallest absolute Gasteiger partial charge is 0.161 e. The zero-order valence-electron chi connectivity index (χ0n) is 11.8. The van der Waals surface area contributed by atoms with Crippen molar-refractivity contribution in [3.63, 3.8) is 0 Å². The van der Waals surface area contributed by atoms with Gasteiger partial charge in [-0.25, -0.2) is 0 Å². The van der Waals surface area contributed by atoms with Crippen molar-refractivity contribution in [3.8, 4) is 11.5 Å². The zero-order valence-corrected chi connectivity index (χ0v) is 12.5. The van der Waals surface area contributed by atoms with Crippen molar-refractivity contribution in [2.45, 2.75) is 31.8 Å². The number of ether oxygens (including phenoxy) is 3. The third kappa shape index (κ3) is 2.82. The Balaban J connectivity index is 2.42. The second kappa shape index (κ2) is 6.02. The number of methoxy groups -OCH3 is 2. The summed E-state index contributed by atoms with van der Waals surface area (Å²) < 4.78 is 16.8. The molecule has 3 nitrogen and oxygen atoms in total. The van der Waals surface area contributed by atoms with Crippen molar-refractivity contribution < 1.29 is 14.2 Å². The summed E-state index contributed by atoms with van der Waals surface area (Å²) in [4.78, 5) is 0. The third-order valence-corrected chi connectivity index (χ3v) is 4.03. The van der Waals surface area contributed by atoms with Crippen LogP contribution in [0.4, 0.5) is 0 Å². The Labute approximate surface area is 119 Å². The average molecular weight is 285 g/mol. The highest BCUT2D eigenvalue weighted by Gasteiger charge is 2.33. The average Bonchev–Trinajstić information content (AvgIpc) is 2.44. The highest BCUT2D eigenvalue weighted by Crippen LogP contribution is 2.42. The van der Waals surface area contributed by atoms with Crippen molar-refractivity contribution >= 4 is 11.6 Å². The zero-order chi connectivity index (χ0) is 13.9. The lowest BCUT2D eigenvalue weighted by Gasteiger charge is -2.36. The summed E-state index contributed by atoms with van der Waals surface area (Å²) in [5, 5.41) is 0. The second-order valence-corrected chi connectivity index (χ2v) is 5.36. The molecule has 0 unspecified atom stereocenters. The highest BCUT2D eigenvalue weighted by molar-refractivity contribution is 6.17. The first-order chi connectivity index (χ1) is 9.14. The maximum absolute atomic E-state index is 6.01. The van der Waals surface area contributed by atoms with E-state index in [1.807, 2.05) is 6.07 Å². The first kappa shape index (κ1) is 14.5. The van der Waals surface area contributed by atoms with Gasteiger partial charge in [-0.05, 0) is 49.4 Å². The van der Waals surface area contributed by atoms with E-state index in [4.69, 9.17) is 25.8 Å². The summed E-state index contributed by atoms with van der Waals surface area (Å²) in [7, 11) is 3.32. The molecule has 0 fully saturated rings. The largest absolute Gasteiger partial charge is 0.493 e. The van der Waals surface area contributed by atoms with Crippen LogP contribution in [-0.4, -0.2) is 26.7 Å². The fourth-order valence-electron chi connectivity index (χ4n) is 2.70. The molecule has 1 aromatic rings. The van der Waals surface area contributed by atoms with Gasteiger partial charge in [0, 0.05) is 5.88 Å². The van der Waals surface area contributed by atoms with E-state index in [-0.39, 0.29) is 5.60 Å². The Kier molecular flexibility index (Phi) is 4.58. The van der Waals surface area contributed by atoms with Gasteiger partial charge in [-0.1, -0.05) is 0 Å². The van der Waals surface area contributed by atoms with Crippen LogP contribution in [0, 0.1) is 0 Å². The fourth-order valence-corrected chi connectivity index (χ4v) is 2.83. The lowest BCUT2D eigenvalue weighted by molar-refractivity contribution is -0.0527. The van der Waals surface area contributed by atoms with Crippen molar-refractivity contribution in [1.82, 2.24) is 0 Å². The molecule has 0 amide bonds. The Hall–Kier alpha value is -0.930. The maximum atomic E-state index is 6.01. The standard InChI is InChI=1S/C15H21ClO3/c1-15(6-4-7-16)12-10-14(18-3)13(17-2)9-11(12)5-8-19-15/h9-10H,4-8H2,1-3H3/t15-/m1/s1. The summed E-state index contributed by atoms with van der Waals surface area (Å²) in [6.07, 6.45) is 2.76. The molecule has 19 heavy (non-hydrogen) atoms. The van der Waals surface area contributed by atoms with Gasteiger partial charge in [-0.3, -0.25) is 0 Å². The molecule has 106 valence electrons. The Bertz CT molecular complexity index is 447. The maximum Gasteiger partial charge on any atom is 0.161 e. The predicted molar refractivity (Wildman–Crippen MR) is 76.5 cm³/mol. The molecule has 0 aromatic heterocycles. The summed E-state index contributed by atoms with van der Waals surface area (Å²) in [5.41, 5.74) is 2.20. The molecule has 0 N–H and O–H groups in total. The van der Waals surface area contributed by atoms with Gasteiger partial charge in [0.25, 0.3) is 0 Å². The molecule has 1 heterocycles. The first-order valence-corrected chi connectivity index (χ1v) is 7.13. The van der Waals surface area contributed by atoms with Gasteiger partial charge in [0.05, 0.1) is 26.4 Å². The quantitative estimate of drug-likeness (QED) is 0.775. The number of hydrogen-bond donors (Lipinski definition) is 0. The van der Waals surface area contributed by atoms with E-state index in [0.717, 1.165) is 37.4 Å². The van der Waals surface area contributed by atoms with E-state index in [1.165, 1.54) is 11.1 Å². The topological polar surface area (TPSA) is 27.7 Å². The Morgan fingerprint density at radius 3 is 2.58 bits per heavy atom. The molecule has 0 bridgehead atoms. The SMILES string of the molecule is COc1cc2c(cc1OC)[C@@](C)(CCCCl)OCC2. The normalized spacial score (nSPS) is 21.9. The monoisotopic (exact) mass is 284 g/mol. The van der Waals surface area contributed by atoms with Gasteiger partial charge in [-0.15, -0.1) is 11.6 Å². The molecule has 0 saturated carbocycles. The van der Waals surface area contributed by atoms with Crippen LogP contribution in [-0.2, 0) is 16.8 Å². The number of hydrogen-bond acceptors (Lipinski definition) is 3. The van der Waals surface area contributed by atoms with E-state index >= 15 is 0 Å². The molecule has 4 heteroatoms. The first-order valence-electron chi connectivity index (χ1n) is 6.60. The summed E-state index contributed by atoms with van der Waals surface area (Å²) in [6.45, 7) is 2.87. The van der Waals surface area contributed by atoms with Crippen LogP contribution in [0.15, 0.2) is 12.1 Å². The van der Waals surface area contributed by atoms with Crippen molar-refractivity contribution in [3.05, 3.63) is 23.3 Å². The van der Waals surface area contributed by atoms with Gasteiger partial charge in [0.2, 0.25) is 0 Å². The lowest BCUT2D eigenvalue weighted by Crippen LogP contribution is -2.32. The molecule has 1 aromatic carbocycles. The van der Waals surface area contributed by atoms with E-state index in [1.54, 1.807) is 14.2 Å². The Morgan fingerprint density at radius 2 is 1.95 bits per heavy atom. The molecular weight excluding hydrogens is 264 g/mol. The second-order valence-electron chi connectivity index (χ2n) is 4.99. The number of rotatable bonds is 5. The van der Waals surface area contributed by atoms with Crippen molar-refractivity contribution in [2.75, 3.05) is 26.7 Å². The van der Waals surface area contributed by atoms with Crippen molar-refractivity contribution in [1.29, 1.82) is 0 Å². The number of benzene rings is 1. The number of alkyl halides is 1.